The molecule has 0 fully saturated rings. The van der Waals surface area contributed by atoms with Crippen LogP contribution < -0.4 is 0 Å². The smallest absolute Gasteiger partial charge is 0.161 e. The lowest BCUT2D eigenvalue weighted by Crippen LogP contribution is -1.97. The first-order chi connectivity index (χ1) is 7.29. The van der Waals surface area contributed by atoms with E-state index in [2.05, 4.69) is 23.3 Å². The maximum absolute atomic E-state index is 5.21. The van der Waals surface area contributed by atoms with Crippen LogP contribution in [0, 0.1) is 3.95 Å². The summed E-state index contributed by atoms with van der Waals surface area (Å²) in [6.45, 7) is 4.60. The van der Waals surface area contributed by atoms with E-state index in [-0.39, 0.29) is 0 Å². The molecule has 2 rings (SSSR count). The molecule has 0 aliphatic carbocycles. The average molecular weight is 233 g/mol. The van der Waals surface area contributed by atoms with Gasteiger partial charge in [0, 0.05) is 18.1 Å². The van der Waals surface area contributed by atoms with E-state index in [9.17, 15) is 0 Å². The van der Waals surface area contributed by atoms with Gasteiger partial charge in [-0.25, -0.2) is 0 Å². The molecule has 0 unspecified atom stereocenters. The molecule has 0 saturated carbocycles. The van der Waals surface area contributed by atoms with Crippen molar-refractivity contribution in [2.45, 2.75) is 6.54 Å². The Hall–Kier alpha value is -1.19. The Bertz CT molecular complexity index is 522. The average Bonchev–Trinajstić information content (AvgIpc) is 2.65. The Morgan fingerprint density at radius 2 is 2.33 bits per heavy atom. The molecule has 0 bridgehead atoms. The van der Waals surface area contributed by atoms with Gasteiger partial charge in [-0.3, -0.25) is 0 Å². The van der Waals surface area contributed by atoms with Crippen molar-refractivity contribution in [1.82, 2.24) is 4.57 Å². The monoisotopic (exact) mass is 233 g/mol. The molecule has 0 aliphatic heterocycles. The van der Waals surface area contributed by atoms with Crippen LogP contribution >= 0.6 is 23.6 Å². The van der Waals surface area contributed by atoms with Gasteiger partial charge in [0.25, 0.3) is 0 Å². The Morgan fingerprint density at radius 3 is 3.00 bits per heavy atom. The van der Waals surface area contributed by atoms with Crippen LogP contribution in [0.1, 0.15) is 11.1 Å². The van der Waals surface area contributed by atoms with Gasteiger partial charge in [0.05, 0.1) is 0 Å². The van der Waals surface area contributed by atoms with Gasteiger partial charge in [-0.05, 0) is 29.4 Å². The molecular formula is C12H11NS2. The summed E-state index contributed by atoms with van der Waals surface area (Å²) in [5.74, 6) is 0. The first kappa shape index (κ1) is 10.3. The number of rotatable bonds is 3. The standard InChI is InChI=1S/C12H11NS2/c1-2-10-4-3-5-11(8-10)9-13-6-7-15-12(13)14/h2-8H,1,9H2. The predicted molar refractivity (Wildman–Crippen MR) is 68.8 cm³/mol. The molecule has 0 N–H and O–H groups in total. The molecule has 1 heterocycles. The van der Waals surface area contributed by atoms with Crippen LogP contribution in [0.3, 0.4) is 0 Å². The molecule has 1 nitrogen and oxygen atoms in total. The van der Waals surface area contributed by atoms with Crippen LogP contribution in [-0.2, 0) is 6.54 Å². The SMILES string of the molecule is C=Cc1cccc(Cn2ccsc2=S)c1. The summed E-state index contributed by atoms with van der Waals surface area (Å²) >= 11 is 6.80. The van der Waals surface area contributed by atoms with Crippen molar-refractivity contribution in [2.24, 2.45) is 0 Å². The van der Waals surface area contributed by atoms with Crippen molar-refractivity contribution < 1.29 is 0 Å². The van der Waals surface area contributed by atoms with Crippen molar-refractivity contribution >= 4 is 29.6 Å². The number of nitrogens with zero attached hydrogens (tertiary/aromatic N) is 1. The summed E-state index contributed by atoms with van der Waals surface area (Å²) in [5.41, 5.74) is 2.40. The molecular weight excluding hydrogens is 222 g/mol. The van der Waals surface area contributed by atoms with Crippen LogP contribution in [0.25, 0.3) is 6.08 Å². The molecule has 3 heteroatoms. The van der Waals surface area contributed by atoms with E-state index in [0.29, 0.717) is 0 Å². The van der Waals surface area contributed by atoms with Gasteiger partial charge in [-0.2, -0.15) is 0 Å². The fourth-order valence-electron chi connectivity index (χ4n) is 1.42. The van der Waals surface area contributed by atoms with Crippen molar-refractivity contribution in [1.29, 1.82) is 0 Å². The lowest BCUT2D eigenvalue weighted by Gasteiger charge is -2.03. The van der Waals surface area contributed by atoms with Crippen LogP contribution in [0.5, 0.6) is 0 Å². The van der Waals surface area contributed by atoms with Gasteiger partial charge < -0.3 is 4.57 Å². The van der Waals surface area contributed by atoms with Crippen LogP contribution in [0.15, 0.2) is 42.4 Å². The van der Waals surface area contributed by atoms with Gasteiger partial charge in [-0.1, -0.05) is 30.9 Å². The normalized spacial score (nSPS) is 10.1. The van der Waals surface area contributed by atoms with Crippen LogP contribution in [0.4, 0.5) is 0 Å². The largest absolute Gasteiger partial charge is 0.326 e. The molecule has 0 aliphatic rings. The lowest BCUT2D eigenvalue weighted by molar-refractivity contribution is 0.800. The zero-order valence-corrected chi connectivity index (χ0v) is 9.85. The summed E-state index contributed by atoms with van der Waals surface area (Å²) in [4.78, 5) is 0. The molecule has 0 amide bonds. The van der Waals surface area contributed by atoms with Crippen molar-refractivity contribution in [3.8, 4) is 0 Å². The second-order valence-corrected chi connectivity index (χ2v) is 4.79. The van der Waals surface area contributed by atoms with E-state index in [4.69, 9.17) is 12.2 Å². The van der Waals surface area contributed by atoms with Crippen molar-refractivity contribution in [3.63, 3.8) is 0 Å². The van der Waals surface area contributed by atoms with Gasteiger partial charge >= 0.3 is 0 Å². The quantitative estimate of drug-likeness (QED) is 0.726. The summed E-state index contributed by atoms with van der Waals surface area (Å²) in [6.07, 6.45) is 3.88. The van der Waals surface area contributed by atoms with Crippen LogP contribution in [-0.4, -0.2) is 4.57 Å². The highest BCUT2D eigenvalue weighted by atomic mass is 32.1. The minimum atomic E-state index is 0.837. The minimum absolute atomic E-state index is 0.837. The number of hydrogen-bond donors (Lipinski definition) is 0. The Kier molecular flexibility index (Phi) is 3.14. The Morgan fingerprint density at radius 1 is 1.47 bits per heavy atom. The lowest BCUT2D eigenvalue weighted by atomic mass is 10.1. The highest BCUT2D eigenvalue weighted by molar-refractivity contribution is 7.73. The van der Waals surface area contributed by atoms with E-state index < -0.39 is 0 Å². The van der Waals surface area contributed by atoms with Gasteiger partial charge in [0.15, 0.2) is 3.95 Å². The highest BCUT2D eigenvalue weighted by Gasteiger charge is 1.96. The summed E-state index contributed by atoms with van der Waals surface area (Å²) in [6, 6.07) is 8.32. The van der Waals surface area contributed by atoms with E-state index in [1.807, 2.05) is 29.8 Å². The summed E-state index contributed by atoms with van der Waals surface area (Å²) < 4.78 is 2.99. The zero-order valence-electron chi connectivity index (χ0n) is 8.22. The van der Waals surface area contributed by atoms with E-state index >= 15 is 0 Å². The van der Waals surface area contributed by atoms with E-state index in [1.54, 1.807) is 11.3 Å². The molecule has 2 aromatic rings. The molecule has 0 saturated heterocycles. The first-order valence-electron chi connectivity index (χ1n) is 4.65. The van der Waals surface area contributed by atoms with E-state index in [0.717, 1.165) is 16.1 Å². The summed E-state index contributed by atoms with van der Waals surface area (Å²) in [7, 11) is 0. The first-order valence-corrected chi connectivity index (χ1v) is 5.94. The van der Waals surface area contributed by atoms with Gasteiger partial charge in [-0.15, -0.1) is 11.3 Å². The zero-order chi connectivity index (χ0) is 10.7. The Balaban J connectivity index is 2.28. The number of thiazole rings is 1. The fourth-order valence-corrected chi connectivity index (χ4v) is 2.30. The van der Waals surface area contributed by atoms with Crippen molar-refractivity contribution in [3.05, 3.63) is 57.5 Å². The molecule has 1 aromatic carbocycles. The minimum Gasteiger partial charge on any atom is -0.326 e. The molecule has 1 aromatic heterocycles. The second-order valence-electron chi connectivity index (χ2n) is 3.25. The number of aromatic nitrogens is 1. The topological polar surface area (TPSA) is 4.93 Å². The highest BCUT2D eigenvalue weighted by Crippen LogP contribution is 2.10. The van der Waals surface area contributed by atoms with Crippen molar-refractivity contribution in [2.75, 3.05) is 0 Å². The van der Waals surface area contributed by atoms with Crippen LogP contribution in [0.2, 0.25) is 0 Å². The number of benzene rings is 1. The summed E-state index contributed by atoms with van der Waals surface area (Å²) in [5, 5.41) is 2.01. The third-order valence-corrected chi connectivity index (χ3v) is 3.40. The maximum atomic E-state index is 5.21. The predicted octanol–water partition coefficient (Wildman–Crippen LogP) is 3.97. The maximum Gasteiger partial charge on any atom is 0.161 e. The molecule has 76 valence electrons. The third-order valence-electron chi connectivity index (χ3n) is 2.18. The number of hydrogen-bond acceptors (Lipinski definition) is 2. The molecule has 0 radical (unpaired) electrons. The fraction of sp³-hybridized carbons (Fsp3) is 0.0833. The third kappa shape index (κ3) is 2.43. The van der Waals surface area contributed by atoms with Gasteiger partial charge in [0.2, 0.25) is 0 Å². The molecule has 0 spiro atoms. The van der Waals surface area contributed by atoms with E-state index in [1.165, 1.54) is 5.56 Å². The molecule has 15 heavy (non-hydrogen) atoms. The molecule has 0 atom stereocenters. The van der Waals surface area contributed by atoms with Gasteiger partial charge in [0.1, 0.15) is 0 Å². The Labute approximate surface area is 98.3 Å². The second kappa shape index (κ2) is 4.55.